The molecule has 6 heteroatoms. The highest BCUT2D eigenvalue weighted by molar-refractivity contribution is 7.80. The Hall–Kier alpha value is -1.43. The molecule has 25 heavy (non-hydrogen) atoms. The van der Waals surface area contributed by atoms with Crippen LogP contribution in [0.5, 0.6) is 0 Å². The van der Waals surface area contributed by atoms with E-state index in [-0.39, 0.29) is 0 Å². The van der Waals surface area contributed by atoms with Crippen LogP contribution in [0.25, 0.3) is 0 Å². The summed E-state index contributed by atoms with van der Waals surface area (Å²) in [5.41, 5.74) is 0.975. The normalized spacial score (nSPS) is 20.2. The van der Waals surface area contributed by atoms with Gasteiger partial charge in [-0.3, -0.25) is 0 Å². The van der Waals surface area contributed by atoms with Gasteiger partial charge in [-0.05, 0) is 50.7 Å². The van der Waals surface area contributed by atoms with E-state index < -0.39 is 0 Å². The second-order valence-corrected chi connectivity index (χ2v) is 8.06. The molecule has 1 saturated heterocycles. The maximum atomic E-state index is 5.50. The Balaban J connectivity index is 1.60. The van der Waals surface area contributed by atoms with Crippen LogP contribution in [0, 0.1) is 12.8 Å². The average molecular weight is 362 g/mol. The lowest BCUT2D eigenvalue weighted by Crippen LogP contribution is -2.38. The van der Waals surface area contributed by atoms with E-state index in [9.17, 15) is 0 Å². The molecule has 0 bridgehead atoms. The summed E-state index contributed by atoms with van der Waals surface area (Å²) in [6.45, 7) is 6.49. The molecule has 0 unspecified atom stereocenters. The van der Waals surface area contributed by atoms with Crippen LogP contribution in [-0.4, -0.2) is 34.2 Å². The molecule has 2 heterocycles. The Bertz CT molecular complexity index is 575. The Kier molecular flexibility index (Phi) is 6.45. The van der Waals surface area contributed by atoms with Crippen LogP contribution in [0.1, 0.15) is 64.0 Å². The summed E-state index contributed by atoms with van der Waals surface area (Å²) in [4.78, 5) is 11.6. The van der Waals surface area contributed by atoms with Gasteiger partial charge in [-0.25, -0.2) is 4.98 Å². The van der Waals surface area contributed by atoms with Gasteiger partial charge in [0.25, 0.3) is 0 Å². The van der Waals surface area contributed by atoms with Crippen molar-refractivity contribution in [3.8, 4) is 0 Å². The molecular formula is C19H31N5S. The third-order valence-corrected chi connectivity index (χ3v) is 5.58. The molecule has 1 aliphatic heterocycles. The second kappa shape index (κ2) is 8.79. The number of piperidine rings is 1. The van der Waals surface area contributed by atoms with Crippen molar-refractivity contribution in [3.05, 3.63) is 11.8 Å². The highest BCUT2D eigenvalue weighted by Gasteiger charge is 2.18. The van der Waals surface area contributed by atoms with Crippen molar-refractivity contribution in [1.29, 1.82) is 0 Å². The molecule has 0 aromatic carbocycles. The number of nitrogens with one attached hydrogen (secondary N) is 2. The predicted octanol–water partition coefficient (Wildman–Crippen LogP) is 4.03. The van der Waals surface area contributed by atoms with Gasteiger partial charge >= 0.3 is 0 Å². The van der Waals surface area contributed by atoms with Gasteiger partial charge in [0.1, 0.15) is 5.82 Å². The fourth-order valence-corrected chi connectivity index (χ4v) is 4.01. The highest BCUT2D eigenvalue weighted by Crippen LogP contribution is 2.23. The zero-order valence-corrected chi connectivity index (χ0v) is 16.4. The lowest BCUT2D eigenvalue weighted by atomic mass is 9.99. The molecule has 1 aromatic heterocycles. The van der Waals surface area contributed by atoms with Gasteiger partial charge in [0.2, 0.25) is 5.95 Å². The molecule has 0 amide bonds. The van der Waals surface area contributed by atoms with Crippen molar-refractivity contribution in [1.82, 2.24) is 15.3 Å². The second-order valence-electron chi connectivity index (χ2n) is 7.65. The monoisotopic (exact) mass is 361 g/mol. The van der Waals surface area contributed by atoms with Gasteiger partial charge in [-0.1, -0.05) is 32.6 Å². The lowest BCUT2D eigenvalue weighted by Gasteiger charge is -2.31. The van der Waals surface area contributed by atoms with E-state index in [1.807, 2.05) is 6.92 Å². The van der Waals surface area contributed by atoms with Gasteiger partial charge < -0.3 is 15.5 Å². The van der Waals surface area contributed by atoms with E-state index in [1.54, 1.807) is 0 Å². The number of aromatic nitrogens is 2. The van der Waals surface area contributed by atoms with Gasteiger partial charge in [0.05, 0.1) is 0 Å². The van der Waals surface area contributed by atoms with Crippen LogP contribution in [0.4, 0.5) is 11.8 Å². The molecule has 2 N–H and O–H groups in total. The summed E-state index contributed by atoms with van der Waals surface area (Å²) in [7, 11) is 0. The summed E-state index contributed by atoms with van der Waals surface area (Å²) in [5, 5.41) is 7.32. The smallest absolute Gasteiger partial charge is 0.231 e. The van der Waals surface area contributed by atoms with Crippen molar-refractivity contribution >= 4 is 29.1 Å². The molecule has 5 nitrogen and oxygen atoms in total. The summed E-state index contributed by atoms with van der Waals surface area (Å²) in [6.07, 6.45) is 10.1. The first-order chi connectivity index (χ1) is 12.1. The topological polar surface area (TPSA) is 53.1 Å². The minimum Gasteiger partial charge on any atom is -0.360 e. The first kappa shape index (κ1) is 18.4. The largest absolute Gasteiger partial charge is 0.360 e. The van der Waals surface area contributed by atoms with Gasteiger partial charge in [0, 0.05) is 30.9 Å². The Labute approximate surface area is 157 Å². The number of nitrogens with zero attached hydrogens (tertiary/aromatic N) is 3. The quantitative estimate of drug-likeness (QED) is 0.626. The van der Waals surface area contributed by atoms with Gasteiger partial charge in [-0.15, -0.1) is 0 Å². The average Bonchev–Trinajstić information content (AvgIpc) is 2.83. The van der Waals surface area contributed by atoms with Crippen molar-refractivity contribution in [2.75, 3.05) is 23.3 Å². The van der Waals surface area contributed by atoms with Crippen molar-refractivity contribution in [2.45, 2.75) is 71.3 Å². The van der Waals surface area contributed by atoms with Crippen LogP contribution in [0.3, 0.4) is 0 Å². The third kappa shape index (κ3) is 5.53. The summed E-state index contributed by atoms with van der Waals surface area (Å²) >= 11 is 5.50. The zero-order valence-electron chi connectivity index (χ0n) is 15.6. The van der Waals surface area contributed by atoms with E-state index in [0.29, 0.717) is 17.1 Å². The number of hydrogen-bond donors (Lipinski definition) is 2. The first-order valence-electron chi connectivity index (χ1n) is 9.78. The molecule has 1 aromatic rings. The van der Waals surface area contributed by atoms with E-state index >= 15 is 0 Å². The maximum absolute atomic E-state index is 5.50. The number of rotatable bonds is 3. The van der Waals surface area contributed by atoms with Crippen LogP contribution in [0.15, 0.2) is 6.07 Å². The molecule has 0 atom stereocenters. The van der Waals surface area contributed by atoms with Gasteiger partial charge in [0.15, 0.2) is 5.11 Å². The van der Waals surface area contributed by atoms with Crippen molar-refractivity contribution < 1.29 is 0 Å². The molecule has 1 aliphatic carbocycles. The fourth-order valence-electron chi connectivity index (χ4n) is 3.75. The molecule has 2 aliphatic rings. The lowest BCUT2D eigenvalue weighted by molar-refractivity contribution is 0.436. The minimum atomic E-state index is 0.482. The van der Waals surface area contributed by atoms with E-state index in [4.69, 9.17) is 17.2 Å². The summed E-state index contributed by atoms with van der Waals surface area (Å²) in [6, 6.07) is 2.55. The van der Waals surface area contributed by atoms with E-state index in [0.717, 1.165) is 30.5 Å². The highest BCUT2D eigenvalue weighted by atomic mass is 32.1. The van der Waals surface area contributed by atoms with Gasteiger partial charge in [-0.2, -0.15) is 4.98 Å². The number of hydrogen-bond acceptors (Lipinski definition) is 4. The minimum absolute atomic E-state index is 0.482. The Morgan fingerprint density at radius 1 is 1.08 bits per heavy atom. The molecular weight excluding hydrogens is 330 g/mol. The number of thiocarbonyl (C=S) groups is 1. The zero-order chi connectivity index (χ0) is 17.6. The molecule has 3 rings (SSSR count). The molecule has 0 spiro atoms. The maximum Gasteiger partial charge on any atom is 0.231 e. The van der Waals surface area contributed by atoms with Crippen LogP contribution < -0.4 is 15.5 Å². The van der Waals surface area contributed by atoms with Crippen LogP contribution in [-0.2, 0) is 0 Å². The Morgan fingerprint density at radius 3 is 2.44 bits per heavy atom. The molecule has 2 fully saturated rings. The molecule has 138 valence electrons. The SMILES string of the molecule is Cc1cc(N2CCC(C)CC2)nc(NC(=S)NC2CCCCCC2)n1. The fraction of sp³-hybridized carbons (Fsp3) is 0.737. The van der Waals surface area contributed by atoms with Crippen molar-refractivity contribution in [2.24, 2.45) is 5.92 Å². The van der Waals surface area contributed by atoms with E-state index in [1.165, 1.54) is 51.4 Å². The number of aryl methyl sites for hydroxylation is 1. The van der Waals surface area contributed by atoms with Crippen LogP contribution in [0.2, 0.25) is 0 Å². The first-order valence-corrected chi connectivity index (χ1v) is 10.2. The van der Waals surface area contributed by atoms with Crippen LogP contribution >= 0.6 is 12.2 Å². The molecule has 1 saturated carbocycles. The summed E-state index contributed by atoms with van der Waals surface area (Å²) < 4.78 is 0. The molecule has 0 radical (unpaired) electrons. The number of anilines is 2. The van der Waals surface area contributed by atoms with E-state index in [2.05, 4.69) is 33.5 Å². The Morgan fingerprint density at radius 2 is 1.76 bits per heavy atom. The summed E-state index contributed by atoms with van der Waals surface area (Å²) in [5.74, 6) is 2.44. The standard InChI is InChI=1S/C19H31N5S/c1-14-9-11-24(12-10-14)17-13-15(2)20-18(22-17)23-19(25)21-16-7-5-3-4-6-8-16/h13-14,16H,3-12H2,1-2H3,(H2,20,21,22,23,25). The third-order valence-electron chi connectivity index (χ3n) is 5.36. The van der Waals surface area contributed by atoms with Crippen molar-refractivity contribution in [3.63, 3.8) is 0 Å². The predicted molar refractivity (Wildman–Crippen MR) is 108 cm³/mol.